The van der Waals surface area contributed by atoms with Gasteiger partial charge in [0, 0.05) is 12.1 Å². The fourth-order valence-electron chi connectivity index (χ4n) is 1.05. The van der Waals surface area contributed by atoms with Crippen molar-refractivity contribution in [2.24, 2.45) is 0 Å². The van der Waals surface area contributed by atoms with Crippen LogP contribution in [0.5, 0.6) is 0 Å². The molecular formula is C10H13BrNO2+. The number of halogens is 1. The first-order valence-corrected chi connectivity index (χ1v) is 5.40. The van der Waals surface area contributed by atoms with E-state index in [1.54, 1.807) is 6.92 Å². The predicted octanol–water partition coefficient (Wildman–Crippen LogP) is 1.30. The lowest BCUT2D eigenvalue weighted by Gasteiger charge is -2.05. The highest BCUT2D eigenvalue weighted by atomic mass is 79.9. The molecule has 0 aliphatic heterocycles. The minimum Gasteiger partial charge on any atom is -0.465 e. The SMILES string of the molecule is CCOC(=O)[C@H](Br)C[n+]1ccccc1. The number of rotatable bonds is 4. The monoisotopic (exact) mass is 258 g/mol. The van der Waals surface area contributed by atoms with E-state index in [4.69, 9.17) is 4.74 Å². The molecule has 4 heteroatoms. The Labute approximate surface area is 91.8 Å². The number of esters is 1. The van der Waals surface area contributed by atoms with Gasteiger partial charge in [-0.3, -0.25) is 4.79 Å². The molecule has 0 unspecified atom stereocenters. The van der Waals surface area contributed by atoms with Crippen LogP contribution in [0.1, 0.15) is 6.92 Å². The van der Waals surface area contributed by atoms with Gasteiger partial charge in [0.25, 0.3) is 0 Å². The smallest absolute Gasteiger partial charge is 0.326 e. The van der Waals surface area contributed by atoms with Crippen LogP contribution in [0.4, 0.5) is 0 Å². The van der Waals surface area contributed by atoms with Crippen LogP contribution in [0.15, 0.2) is 30.6 Å². The number of aromatic nitrogens is 1. The largest absolute Gasteiger partial charge is 0.465 e. The molecule has 0 radical (unpaired) electrons. The molecule has 0 bridgehead atoms. The summed E-state index contributed by atoms with van der Waals surface area (Å²) in [6, 6.07) is 5.78. The van der Waals surface area contributed by atoms with Crippen LogP contribution in [0.25, 0.3) is 0 Å². The molecular weight excluding hydrogens is 246 g/mol. The molecule has 0 amide bonds. The van der Waals surface area contributed by atoms with Gasteiger partial charge in [0.05, 0.1) is 6.61 Å². The van der Waals surface area contributed by atoms with E-state index >= 15 is 0 Å². The Bertz CT molecular complexity index is 289. The van der Waals surface area contributed by atoms with Crippen molar-refractivity contribution >= 4 is 21.9 Å². The topological polar surface area (TPSA) is 30.2 Å². The van der Waals surface area contributed by atoms with Crippen molar-refractivity contribution in [3.63, 3.8) is 0 Å². The summed E-state index contributed by atoms with van der Waals surface area (Å²) in [6.45, 7) is 2.80. The van der Waals surface area contributed by atoms with E-state index in [-0.39, 0.29) is 10.8 Å². The third-order valence-electron chi connectivity index (χ3n) is 1.69. The van der Waals surface area contributed by atoms with E-state index in [1.807, 2.05) is 35.2 Å². The van der Waals surface area contributed by atoms with Crippen LogP contribution in [0, 0.1) is 0 Å². The first kappa shape index (κ1) is 11.2. The maximum atomic E-state index is 11.3. The number of hydrogen-bond donors (Lipinski definition) is 0. The third kappa shape index (κ3) is 3.46. The van der Waals surface area contributed by atoms with E-state index < -0.39 is 0 Å². The van der Waals surface area contributed by atoms with E-state index in [1.165, 1.54) is 0 Å². The Morgan fingerprint density at radius 2 is 2.07 bits per heavy atom. The Hall–Kier alpha value is -0.900. The molecule has 0 aromatic carbocycles. The average molecular weight is 259 g/mol. The van der Waals surface area contributed by atoms with Crippen molar-refractivity contribution in [2.75, 3.05) is 6.61 Å². The van der Waals surface area contributed by atoms with Gasteiger partial charge in [-0.05, 0) is 6.92 Å². The van der Waals surface area contributed by atoms with Gasteiger partial charge in [0.15, 0.2) is 23.8 Å². The highest BCUT2D eigenvalue weighted by molar-refractivity contribution is 9.10. The molecule has 0 saturated carbocycles. The van der Waals surface area contributed by atoms with Gasteiger partial charge in [-0.15, -0.1) is 0 Å². The number of ether oxygens (including phenoxy) is 1. The lowest BCUT2D eigenvalue weighted by molar-refractivity contribution is -0.694. The first-order valence-electron chi connectivity index (χ1n) is 4.49. The molecule has 0 aliphatic carbocycles. The van der Waals surface area contributed by atoms with Crippen LogP contribution in [0.2, 0.25) is 0 Å². The van der Waals surface area contributed by atoms with Crippen LogP contribution in [-0.2, 0) is 16.1 Å². The maximum Gasteiger partial charge on any atom is 0.326 e. The zero-order valence-electron chi connectivity index (χ0n) is 8.02. The van der Waals surface area contributed by atoms with Crippen molar-refractivity contribution in [3.8, 4) is 0 Å². The summed E-state index contributed by atoms with van der Waals surface area (Å²) in [7, 11) is 0. The predicted molar refractivity (Wildman–Crippen MR) is 56.0 cm³/mol. The van der Waals surface area contributed by atoms with Gasteiger partial charge in [-0.25, -0.2) is 4.57 Å². The van der Waals surface area contributed by atoms with Crippen LogP contribution in [-0.4, -0.2) is 17.4 Å². The van der Waals surface area contributed by atoms with E-state index in [9.17, 15) is 4.79 Å². The van der Waals surface area contributed by atoms with Crippen molar-refractivity contribution in [3.05, 3.63) is 30.6 Å². The molecule has 3 nitrogen and oxygen atoms in total. The van der Waals surface area contributed by atoms with E-state index in [0.717, 1.165) is 0 Å². The quantitative estimate of drug-likeness (QED) is 0.463. The van der Waals surface area contributed by atoms with Crippen LogP contribution < -0.4 is 4.57 Å². The zero-order valence-corrected chi connectivity index (χ0v) is 9.61. The second-order valence-corrected chi connectivity index (χ2v) is 3.90. The number of carbonyl (C=O) groups excluding carboxylic acids is 1. The molecule has 0 saturated heterocycles. The summed E-state index contributed by atoms with van der Waals surface area (Å²) in [4.78, 5) is 11.0. The van der Waals surface area contributed by atoms with Gasteiger partial charge in [0.2, 0.25) is 0 Å². The summed E-state index contributed by atoms with van der Waals surface area (Å²) >= 11 is 3.29. The lowest BCUT2D eigenvalue weighted by Crippen LogP contribution is -2.40. The lowest BCUT2D eigenvalue weighted by atomic mass is 10.4. The molecule has 14 heavy (non-hydrogen) atoms. The molecule has 1 rings (SSSR count). The fourth-order valence-corrected chi connectivity index (χ4v) is 1.51. The van der Waals surface area contributed by atoms with Gasteiger partial charge < -0.3 is 4.74 Å². The van der Waals surface area contributed by atoms with Crippen molar-refractivity contribution in [1.29, 1.82) is 0 Å². The molecule has 0 aliphatic rings. The number of nitrogens with zero attached hydrogens (tertiary/aromatic N) is 1. The molecule has 1 aromatic heterocycles. The Morgan fingerprint density at radius 3 is 2.64 bits per heavy atom. The average Bonchev–Trinajstić information content (AvgIpc) is 2.19. The van der Waals surface area contributed by atoms with Crippen LogP contribution >= 0.6 is 15.9 Å². The normalized spacial score (nSPS) is 12.1. The number of alkyl halides is 1. The minimum atomic E-state index is -0.283. The highest BCUT2D eigenvalue weighted by Gasteiger charge is 2.20. The molecule has 1 heterocycles. The van der Waals surface area contributed by atoms with Gasteiger partial charge >= 0.3 is 5.97 Å². The fraction of sp³-hybridized carbons (Fsp3) is 0.400. The molecule has 0 N–H and O–H groups in total. The third-order valence-corrected chi connectivity index (χ3v) is 2.35. The second kappa shape index (κ2) is 5.75. The van der Waals surface area contributed by atoms with E-state index in [2.05, 4.69) is 15.9 Å². The summed E-state index contributed by atoms with van der Waals surface area (Å²) in [6.07, 6.45) is 3.82. The summed E-state index contributed by atoms with van der Waals surface area (Å²) in [5.74, 6) is -0.219. The van der Waals surface area contributed by atoms with E-state index in [0.29, 0.717) is 13.2 Å². The minimum absolute atomic E-state index is 0.219. The molecule has 0 fully saturated rings. The highest BCUT2D eigenvalue weighted by Crippen LogP contribution is 2.02. The molecule has 0 spiro atoms. The second-order valence-electron chi connectivity index (χ2n) is 2.79. The van der Waals surface area contributed by atoms with Gasteiger partial charge in [-0.2, -0.15) is 0 Å². The standard InChI is InChI=1S/C10H13BrNO2/c1-2-14-10(13)9(11)8-12-6-4-3-5-7-12/h3-7,9H,2,8H2,1H3/q+1/t9-/m1/s1. The Kier molecular flexibility index (Phi) is 4.59. The first-order chi connectivity index (χ1) is 6.74. The zero-order chi connectivity index (χ0) is 10.4. The molecule has 1 aromatic rings. The summed E-state index contributed by atoms with van der Waals surface area (Å²) in [5, 5.41) is 0. The summed E-state index contributed by atoms with van der Waals surface area (Å²) < 4.78 is 6.80. The number of pyridine rings is 1. The van der Waals surface area contributed by atoms with Gasteiger partial charge in [0.1, 0.15) is 0 Å². The Morgan fingerprint density at radius 1 is 1.43 bits per heavy atom. The molecule has 76 valence electrons. The van der Waals surface area contributed by atoms with Crippen LogP contribution in [0.3, 0.4) is 0 Å². The number of hydrogen-bond acceptors (Lipinski definition) is 2. The van der Waals surface area contributed by atoms with Crippen molar-refractivity contribution < 1.29 is 14.1 Å². The Balaban J connectivity index is 2.49. The molecule has 1 atom stereocenters. The van der Waals surface area contributed by atoms with Gasteiger partial charge in [-0.1, -0.05) is 22.0 Å². The van der Waals surface area contributed by atoms with Crippen molar-refractivity contribution in [2.45, 2.75) is 18.3 Å². The van der Waals surface area contributed by atoms with Crippen molar-refractivity contribution in [1.82, 2.24) is 0 Å². The maximum absolute atomic E-state index is 11.3. The summed E-state index contributed by atoms with van der Waals surface area (Å²) in [5.41, 5.74) is 0. The number of carbonyl (C=O) groups is 1.